The molecule has 0 aliphatic heterocycles. The minimum atomic E-state index is -1.14. The lowest BCUT2D eigenvalue weighted by molar-refractivity contribution is -0.652. The van der Waals surface area contributed by atoms with Gasteiger partial charge in [-0.1, -0.05) is 0 Å². The number of fused-ring (bicyclic) bond motifs is 1. The Kier molecular flexibility index (Phi) is 5.59. The average Bonchev–Trinajstić information content (AvgIpc) is 2.85. The number of carbonyl (C=O) groups excluding carboxylic acids is 1. The highest BCUT2D eigenvalue weighted by Crippen LogP contribution is 2.18. The predicted octanol–water partition coefficient (Wildman–Crippen LogP) is 2.30. The van der Waals surface area contributed by atoms with Crippen LogP contribution >= 0.6 is 0 Å². The fourth-order valence-corrected chi connectivity index (χ4v) is 2.58. The Morgan fingerprint density at radius 1 is 1.38 bits per heavy atom. The van der Waals surface area contributed by atoms with Crippen molar-refractivity contribution < 1.29 is 24.0 Å². The highest BCUT2D eigenvalue weighted by atomic mass is 16.6. The van der Waals surface area contributed by atoms with Gasteiger partial charge >= 0.3 is 12.1 Å². The summed E-state index contributed by atoms with van der Waals surface area (Å²) >= 11 is 0. The molecule has 0 bridgehead atoms. The van der Waals surface area contributed by atoms with Gasteiger partial charge in [-0.05, 0) is 44.5 Å². The molecular formula is C17H23N4O5+. The number of alkyl carbamates (subject to hydrolysis) is 1. The van der Waals surface area contributed by atoms with Crippen molar-refractivity contribution in [1.82, 2.24) is 10.3 Å². The van der Waals surface area contributed by atoms with Crippen LogP contribution in [-0.2, 0) is 23.0 Å². The molecular weight excluding hydrogens is 340 g/mol. The molecule has 26 heavy (non-hydrogen) atoms. The number of amides is 1. The number of hydrogen-bond acceptors (Lipinski definition) is 5. The van der Waals surface area contributed by atoms with Gasteiger partial charge in [0.15, 0.2) is 11.0 Å². The standard InChI is InChI=1S/C17H22N4O5/c1-17(2,3)26-16(24)19-11(15(22)23)6-8-14-18-12-9-10(20-25)5-7-13(12)21(14)4/h5,7,9,11H,6,8H2,1-4H3,(H2,19,22,23,24)/p+1/t11-/m0/s1. The lowest BCUT2D eigenvalue weighted by Gasteiger charge is -2.21. The molecule has 2 aromatic rings. The zero-order valence-corrected chi connectivity index (χ0v) is 15.2. The third kappa shape index (κ3) is 4.78. The maximum Gasteiger partial charge on any atom is 0.408 e. The summed E-state index contributed by atoms with van der Waals surface area (Å²) in [5, 5.41) is 14.6. The topological polar surface area (TPSA) is 125 Å². The number of carboxylic acids is 1. The summed E-state index contributed by atoms with van der Waals surface area (Å²) in [5.74, 6) is -0.373. The number of H-pyrrole nitrogens is 1. The van der Waals surface area contributed by atoms with E-state index in [1.54, 1.807) is 39.0 Å². The fraction of sp³-hybridized carbons (Fsp3) is 0.471. The second kappa shape index (κ2) is 7.51. The largest absolute Gasteiger partial charge is 0.480 e. The Morgan fingerprint density at radius 2 is 2.08 bits per heavy atom. The van der Waals surface area contributed by atoms with Crippen LogP contribution in [0, 0.1) is 4.91 Å². The third-order valence-electron chi connectivity index (χ3n) is 3.79. The Labute approximate surface area is 150 Å². The lowest BCUT2D eigenvalue weighted by atomic mass is 10.1. The molecule has 0 saturated heterocycles. The molecule has 0 radical (unpaired) electrons. The van der Waals surface area contributed by atoms with Gasteiger partial charge in [-0.15, -0.1) is 4.91 Å². The monoisotopic (exact) mass is 363 g/mol. The average molecular weight is 363 g/mol. The van der Waals surface area contributed by atoms with Crippen molar-refractivity contribution in [2.24, 2.45) is 12.2 Å². The Bertz CT molecular complexity index is 838. The van der Waals surface area contributed by atoms with Crippen molar-refractivity contribution in [3.63, 3.8) is 0 Å². The molecule has 1 heterocycles. The SMILES string of the molecule is C[n+]1c(CC[C@H](NC(=O)OC(C)(C)C)C(=O)O)[nH]c2cc(N=O)ccc21. The first kappa shape index (κ1) is 19.4. The number of ether oxygens (including phenoxy) is 1. The maximum atomic E-state index is 11.8. The summed E-state index contributed by atoms with van der Waals surface area (Å²) in [5.41, 5.74) is 1.19. The third-order valence-corrected chi connectivity index (χ3v) is 3.79. The molecule has 3 N–H and O–H groups in total. The molecule has 0 aliphatic carbocycles. The highest BCUT2D eigenvalue weighted by Gasteiger charge is 2.26. The normalized spacial score (nSPS) is 12.6. The van der Waals surface area contributed by atoms with Crippen molar-refractivity contribution in [2.75, 3.05) is 0 Å². The van der Waals surface area contributed by atoms with Crippen LogP contribution in [0.2, 0.25) is 0 Å². The number of nitrogens with one attached hydrogen (secondary N) is 2. The van der Waals surface area contributed by atoms with E-state index in [4.69, 9.17) is 4.74 Å². The van der Waals surface area contributed by atoms with Crippen molar-refractivity contribution >= 4 is 28.8 Å². The first-order chi connectivity index (χ1) is 12.1. The number of hydrogen-bond donors (Lipinski definition) is 3. The van der Waals surface area contributed by atoms with Crippen LogP contribution in [0.5, 0.6) is 0 Å². The molecule has 140 valence electrons. The summed E-state index contributed by atoms with van der Waals surface area (Å²) in [7, 11) is 1.83. The summed E-state index contributed by atoms with van der Waals surface area (Å²) in [6, 6.07) is 3.92. The van der Waals surface area contributed by atoms with Gasteiger partial charge in [0, 0.05) is 6.07 Å². The molecule has 2 rings (SSSR count). The van der Waals surface area contributed by atoms with Crippen LogP contribution < -0.4 is 9.88 Å². The van der Waals surface area contributed by atoms with E-state index >= 15 is 0 Å². The first-order valence-electron chi connectivity index (χ1n) is 8.17. The Balaban J connectivity index is 2.10. The molecule has 1 amide bonds. The number of nitrogens with zero attached hydrogens (tertiary/aromatic N) is 2. The van der Waals surface area contributed by atoms with Gasteiger partial charge < -0.3 is 15.2 Å². The minimum absolute atomic E-state index is 0.175. The quantitative estimate of drug-likeness (QED) is 0.536. The number of aliphatic carboxylic acids is 1. The number of rotatable bonds is 6. The van der Waals surface area contributed by atoms with Crippen molar-refractivity contribution in [3.05, 3.63) is 28.9 Å². The molecule has 1 aromatic heterocycles. The number of carbonyl (C=O) groups is 2. The van der Waals surface area contributed by atoms with Crippen molar-refractivity contribution in [1.29, 1.82) is 0 Å². The van der Waals surface area contributed by atoms with E-state index in [9.17, 15) is 19.6 Å². The van der Waals surface area contributed by atoms with Crippen molar-refractivity contribution in [2.45, 2.75) is 45.3 Å². The Hall–Kier alpha value is -2.97. The van der Waals surface area contributed by atoms with E-state index in [0.29, 0.717) is 12.1 Å². The second-order valence-electron chi connectivity index (χ2n) is 7.00. The maximum absolute atomic E-state index is 11.8. The minimum Gasteiger partial charge on any atom is -0.480 e. The molecule has 0 saturated carbocycles. The zero-order chi connectivity index (χ0) is 19.5. The van der Waals surface area contributed by atoms with Crippen LogP contribution in [0.4, 0.5) is 10.5 Å². The Morgan fingerprint density at radius 3 is 2.65 bits per heavy atom. The fourth-order valence-electron chi connectivity index (χ4n) is 2.58. The number of carboxylic acid groups (broad SMARTS) is 1. The van der Waals surface area contributed by atoms with E-state index in [1.165, 1.54) is 0 Å². The van der Waals surface area contributed by atoms with E-state index in [0.717, 1.165) is 16.9 Å². The van der Waals surface area contributed by atoms with Gasteiger partial charge in [-0.3, -0.25) is 0 Å². The summed E-state index contributed by atoms with van der Waals surface area (Å²) in [4.78, 5) is 37.0. The molecule has 0 aliphatic rings. The molecule has 1 atom stereocenters. The van der Waals surface area contributed by atoms with Crippen molar-refractivity contribution in [3.8, 4) is 0 Å². The molecule has 9 heteroatoms. The number of aromatic nitrogens is 2. The molecule has 0 fully saturated rings. The number of imidazole rings is 1. The molecule has 0 unspecified atom stereocenters. The van der Waals surface area contributed by atoms with Crippen LogP contribution in [-0.4, -0.2) is 33.8 Å². The highest BCUT2D eigenvalue weighted by molar-refractivity contribution is 5.80. The smallest absolute Gasteiger partial charge is 0.408 e. The predicted molar refractivity (Wildman–Crippen MR) is 94.0 cm³/mol. The molecule has 1 aromatic carbocycles. The zero-order valence-electron chi connectivity index (χ0n) is 15.2. The summed E-state index contributed by atoms with van der Waals surface area (Å²) in [6.45, 7) is 5.11. The van der Waals surface area contributed by atoms with Crippen LogP contribution in [0.1, 0.15) is 33.0 Å². The summed E-state index contributed by atoms with van der Waals surface area (Å²) < 4.78 is 6.97. The van der Waals surface area contributed by atoms with E-state index in [2.05, 4.69) is 15.5 Å². The van der Waals surface area contributed by atoms with Gasteiger partial charge in [-0.2, -0.15) is 0 Å². The van der Waals surface area contributed by atoms with E-state index in [1.807, 2.05) is 11.6 Å². The van der Waals surface area contributed by atoms with Gasteiger partial charge in [0.05, 0.1) is 13.5 Å². The number of aryl methyl sites for hydroxylation is 2. The lowest BCUT2D eigenvalue weighted by Crippen LogP contribution is -2.44. The number of benzene rings is 1. The van der Waals surface area contributed by atoms with Gasteiger partial charge in [0.2, 0.25) is 0 Å². The van der Waals surface area contributed by atoms with Crippen LogP contribution in [0.15, 0.2) is 23.4 Å². The van der Waals surface area contributed by atoms with Gasteiger partial charge in [-0.25, -0.2) is 19.1 Å². The first-order valence-corrected chi connectivity index (χ1v) is 8.17. The van der Waals surface area contributed by atoms with E-state index < -0.39 is 23.7 Å². The van der Waals surface area contributed by atoms with Crippen LogP contribution in [0.3, 0.4) is 0 Å². The number of aromatic amines is 1. The molecule has 0 spiro atoms. The molecule has 9 nitrogen and oxygen atoms in total. The van der Waals surface area contributed by atoms with E-state index in [-0.39, 0.29) is 6.42 Å². The van der Waals surface area contributed by atoms with Gasteiger partial charge in [0.1, 0.15) is 17.3 Å². The van der Waals surface area contributed by atoms with Crippen LogP contribution in [0.25, 0.3) is 11.0 Å². The summed E-state index contributed by atoms with van der Waals surface area (Å²) in [6.07, 6.45) is -0.219. The van der Waals surface area contributed by atoms with Gasteiger partial charge in [0.25, 0.3) is 5.82 Å². The number of nitroso groups, excluding NO2 is 1. The second-order valence-corrected chi connectivity index (χ2v) is 7.00.